The molecule has 2 nitrogen and oxygen atoms in total. The molecule has 7 saturated carbocycles. The predicted molar refractivity (Wildman–Crippen MR) is 255 cm³/mol. The van der Waals surface area contributed by atoms with Crippen molar-refractivity contribution in [3.8, 4) is 0 Å². The molecule has 18 unspecified atom stereocenters. The maximum absolute atomic E-state index is 3.49. The van der Waals surface area contributed by atoms with Crippen LogP contribution in [0.3, 0.4) is 0 Å². The number of allylic oxidation sites excluding steroid dienone is 2. The highest BCUT2D eigenvalue weighted by atomic mass is 15.3. The SMILES string of the molecule is CC1CCC(C(C)(C)C)CC1C1CC(C(C)(C)C)CC2C3CC4C(CC3C=CCC12)C1CC(C(C)(C)C)CC2C3CCC(N(C5CCCCC5)C5CCCCC5)CC3N4C12. The first-order valence-corrected chi connectivity index (χ1v) is 27.8. The van der Waals surface area contributed by atoms with Gasteiger partial charge in [-0.05, 0) is 202 Å². The van der Waals surface area contributed by atoms with Crippen LogP contribution in [0.5, 0.6) is 0 Å². The Hall–Kier alpha value is -0.340. The average molecular weight is 823 g/mol. The highest BCUT2D eigenvalue weighted by Crippen LogP contribution is 2.67. The fourth-order valence-electron chi connectivity index (χ4n) is 19.4. The van der Waals surface area contributed by atoms with Crippen molar-refractivity contribution in [2.75, 3.05) is 0 Å². The quantitative estimate of drug-likeness (QED) is 0.261. The minimum absolute atomic E-state index is 0.413. The summed E-state index contributed by atoms with van der Waals surface area (Å²) in [5.74, 6) is 12.9. The Labute approximate surface area is 372 Å². The zero-order chi connectivity index (χ0) is 41.9. The van der Waals surface area contributed by atoms with Crippen molar-refractivity contribution >= 4 is 0 Å². The first-order valence-electron chi connectivity index (χ1n) is 27.8. The van der Waals surface area contributed by atoms with Crippen LogP contribution in [0, 0.1) is 99.1 Å². The summed E-state index contributed by atoms with van der Waals surface area (Å²) in [6.07, 6.45) is 40.4. The fourth-order valence-corrected chi connectivity index (χ4v) is 19.4. The summed E-state index contributed by atoms with van der Waals surface area (Å²) in [7, 11) is 0. The summed E-state index contributed by atoms with van der Waals surface area (Å²) in [4.78, 5) is 6.82. The fraction of sp³-hybridized carbons (Fsp3) is 0.966. The van der Waals surface area contributed by atoms with E-state index < -0.39 is 0 Å². The molecule has 0 aromatic rings. The number of rotatable bonds is 4. The molecule has 0 bridgehead atoms. The van der Waals surface area contributed by atoms with Crippen molar-refractivity contribution in [1.82, 2.24) is 9.80 Å². The lowest BCUT2D eigenvalue weighted by Crippen LogP contribution is -2.56. The topological polar surface area (TPSA) is 6.48 Å². The van der Waals surface area contributed by atoms with E-state index in [4.69, 9.17) is 0 Å². The van der Waals surface area contributed by atoms with E-state index in [2.05, 4.69) is 91.2 Å². The lowest BCUT2D eigenvalue weighted by atomic mass is 9.50. The van der Waals surface area contributed by atoms with Crippen molar-refractivity contribution < 1.29 is 0 Å². The standard InChI is InChI=1S/C58H98N2/c1-36-24-25-38(56(2,3)4)29-46(36)48-30-39(57(5,6)7)31-49-44(48)23-17-18-37-28-50-52-33-40(58(8,9)10)32-51-45-27-26-43(34-53(45)60(55(51)52)54(50)35-47(37)49)59(41-19-13-11-14-20-41)42-21-15-12-16-22-42/h17-18,36-55H,11-16,19-35H2,1-10H3. The summed E-state index contributed by atoms with van der Waals surface area (Å²) < 4.78 is 0. The van der Waals surface area contributed by atoms with Crippen LogP contribution >= 0.6 is 0 Å². The van der Waals surface area contributed by atoms with Gasteiger partial charge in [-0.15, -0.1) is 0 Å². The van der Waals surface area contributed by atoms with E-state index in [1.165, 1.54) is 128 Å². The average Bonchev–Trinajstić information content (AvgIpc) is 3.64. The van der Waals surface area contributed by atoms with E-state index >= 15 is 0 Å². The molecular weight excluding hydrogens is 725 g/mol. The molecular formula is C58H98N2. The molecule has 18 atom stereocenters. The minimum atomic E-state index is 0.413. The minimum Gasteiger partial charge on any atom is -0.294 e. The van der Waals surface area contributed by atoms with Crippen LogP contribution < -0.4 is 0 Å². The molecule has 8 aliphatic carbocycles. The Morgan fingerprint density at radius 3 is 1.55 bits per heavy atom. The Morgan fingerprint density at radius 1 is 0.417 bits per heavy atom. The van der Waals surface area contributed by atoms with Crippen molar-refractivity contribution in [2.24, 2.45) is 99.1 Å². The molecule has 0 aromatic heterocycles. The smallest absolute Gasteiger partial charge is 0.0165 e. The molecule has 0 amide bonds. The zero-order valence-corrected chi connectivity index (χ0v) is 41.4. The van der Waals surface area contributed by atoms with E-state index in [9.17, 15) is 0 Å². The van der Waals surface area contributed by atoms with Crippen molar-refractivity contribution in [1.29, 1.82) is 0 Å². The Balaban J connectivity index is 0.979. The van der Waals surface area contributed by atoms with E-state index in [0.29, 0.717) is 16.2 Å². The van der Waals surface area contributed by atoms with E-state index in [1.54, 1.807) is 19.3 Å². The number of nitrogens with zero attached hydrogens (tertiary/aromatic N) is 2. The Bertz CT molecular complexity index is 1470. The summed E-state index contributed by atoms with van der Waals surface area (Å²) in [6.45, 7) is 26.2. The molecule has 10 rings (SSSR count). The molecule has 0 spiro atoms. The van der Waals surface area contributed by atoms with Crippen molar-refractivity contribution in [3.05, 3.63) is 12.2 Å². The molecule has 0 radical (unpaired) electrons. The third kappa shape index (κ3) is 7.84. The summed E-state index contributed by atoms with van der Waals surface area (Å²) in [5, 5.41) is 0. The summed E-state index contributed by atoms with van der Waals surface area (Å²) >= 11 is 0. The summed E-state index contributed by atoms with van der Waals surface area (Å²) in [5.41, 5.74) is 1.30. The van der Waals surface area contributed by atoms with Gasteiger partial charge in [0, 0.05) is 36.3 Å². The molecule has 60 heavy (non-hydrogen) atoms. The van der Waals surface area contributed by atoms with Crippen molar-refractivity contribution in [2.45, 2.75) is 253 Å². The predicted octanol–water partition coefficient (Wildman–Crippen LogP) is 15.3. The van der Waals surface area contributed by atoms with Crippen LogP contribution in [0.4, 0.5) is 0 Å². The third-order valence-electron chi connectivity index (χ3n) is 22.6. The molecule has 10 aliphatic rings. The first kappa shape index (κ1) is 43.5. The molecule has 0 N–H and O–H groups in total. The van der Waals surface area contributed by atoms with E-state index in [1.807, 2.05) is 0 Å². The normalized spacial score (nSPS) is 48.2. The molecule has 2 heteroatoms. The monoisotopic (exact) mass is 823 g/mol. The Kier molecular flexibility index (Phi) is 12.0. The molecule has 0 aromatic carbocycles. The van der Waals surface area contributed by atoms with Crippen LogP contribution in [0.25, 0.3) is 0 Å². The van der Waals surface area contributed by atoms with E-state index in [-0.39, 0.29) is 0 Å². The van der Waals surface area contributed by atoms with Crippen LogP contribution in [0.15, 0.2) is 12.2 Å². The number of hydrogen-bond donors (Lipinski definition) is 0. The van der Waals surface area contributed by atoms with Gasteiger partial charge in [-0.3, -0.25) is 9.80 Å². The van der Waals surface area contributed by atoms with Crippen LogP contribution in [0.2, 0.25) is 0 Å². The van der Waals surface area contributed by atoms with Crippen LogP contribution in [0.1, 0.15) is 217 Å². The molecule has 9 fully saturated rings. The van der Waals surface area contributed by atoms with Gasteiger partial charge < -0.3 is 0 Å². The largest absolute Gasteiger partial charge is 0.294 e. The third-order valence-corrected chi connectivity index (χ3v) is 22.6. The van der Waals surface area contributed by atoms with Crippen molar-refractivity contribution in [3.63, 3.8) is 0 Å². The molecule has 2 saturated heterocycles. The lowest BCUT2D eigenvalue weighted by Gasteiger charge is -2.56. The Morgan fingerprint density at radius 2 is 0.950 bits per heavy atom. The first-order chi connectivity index (χ1) is 28.6. The van der Waals surface area contributed by atoms with E-state index in [0.717, 1.165) is 119 Å². The number of fused-ring (bicyclic) bond motifs is 9. The zero-order valence-electron chi connectivity index (χ0n) is 41.4. The number of hydrogen-bond acceptors (Lipinski definition) is 2. The van der Waals surface area contributed by atoms with Gasteiger partial charge in [0.1, 0.15) is 0 Å². The van der Waals surface area contributed by atoms with Crippen LogP contribution in [-0.4, -0.2) is 46.1 Å². The maximum atomic E-state index is 3.49. The van der Waals surface area contributed by atoms with Gasteiger partial charge in [-0.2, -0.15) is 0 Å². The molecule has 340 valence electrons. The maximum Gasteiger partial charge on any atom is 0.0165 e. The van der Waals surface area contributed by atoms with Gasteiger partial charge in [0.2, 0.25) is 0 Å². The lowest BCUT2D eigenvalue weighted by molar-refractivity contribution is -0.0619. The highest BCUT2D eigenvalue weighted by Gasteiger charge is 2.66. The van der Waals surface area contributed by atoms with Gasteiger partial charge in [0.25, 0.3) is 0 Å². The second-order valence-corrected chi connectivity index (χ2v) is 28.3. The van der Waals surface area contributed by atoms with Crippen LogP contribution in [-0.2, 0) is 0 Å². The second-order valence-electron chi connectivity index (χ2n) is 28.3. The van der Waals surface area contributed by atoms with Gasteiger partial charge in [-0.25, -0.2) is 0 Å². The second kappa shape index (κ2) is 16.5. The van der Waals surface area contributed by atoms with Gasteiger partial charge in [0.15, 0.2) is 0 Å². The van der Waals surface area contributed by atoms with Gasteiger partial charge in [-0.1, -0.05) is 126 Å². The van der Waals surface area contributed by atoms with Gasteiger partial charge in [0.05, 0.1) is 0 Å². The highest BCUT2D eigenvalue weighted by molar-refractivity contribution is 5.20. The molecule has 2 aliphatic heterocycles. The summed E-state index contributed by atoms with van der Waals surface area (Å²) in [6, 6.07) is 5.29. The molecule has 2 heterocycles. The van der Waals surface area contributed by atoms with Gasteiger partial charge >= 0.3 is 0 Å².